The molecule has 1 aliphatic heterocycles. The number of hydrogen-bond donors (Lipinski definition) is 1. The van der Waals surface area contributed by atoms with Crippen LogP contribution in [-0.2, 0) is 19.9 Å². The average molecular weight is 500 g/mol. The van der Waals surface area contributed by atoms with Crippen molar-refractivity contribution in [3.63, 3.8) is 0 Å². The van der Waals surface area contributed by atoms with Crippen molar-refractivity contribution in [2.75, 3.05) is 13.1 Å². The summed E-state index contributed by atoms with van der Waals surface area (Å²) < 4.78 is 11.3. The lowest BCUT2D eigenvalue weighted by molar-refractivity contribution is -0.169. The molecule has 0 unspecified atom stereocenters. The number of piperidine rings is 1. The van der Waals surface area contributed by atoms with Gasteiger partial charge in [0, 0.05) is 30.8 Å². The first-order valence-electron chi connectivity index (χ1n) is 11.3. The third kappa shape index (κ3) is 5.35. The van der Waals surface area contributed by atoms with Gasteiger partial charge in [-0.15, -0.1) is 22.7 Å². The monoisotopic (exact) mass is 499 g/mol. The maximum atomic E-state index is 13.4. The highest BCUT2D eigenvalue weighted by molar-refractivity contribution is 7.16. The zero-order valence-electron chi connectivity index (χ0n) is 19.5. The second-order valence-electron chi connectivity index (χ2n) is 9.29. The molecule has 1 aliphatic rings. The molecule has 0 saturated carbocycles. The summed E-state index contributed by atoms with van der Waals surface area (Å²) in [5, 5.41) is 13.6. The molecule has 3 aromatic rings. The number of esters is 1. The highest BCUT2D eigenvalue weighted by atomic mass is 32.1. The summed E-state index contributed by atoms with van der Waals surface area (Å²) in [6.45, 7) is 6.36. The van der Waals surface area contributed by atoms with Crippen molar-refractivity contribution in [1.82, 2.24) is 4.90 Å². The van der Waals surface area contributed by atoms with E-state index in [2.05, 4.69) is 0 Å². The summed E-state index contributed by atoms with van der Waals surface area (Å²) >= 11 is 2.69. The summed E-state index contributed by atoms with van der Waals surface area (Å²) in [6, 6.07) is 17.1. The third-order valence-corrected chi connectivity index (χ3v) is 7.78. The summed E-state index contributed by atoms with van der Waals surface area (Å²) in [5.74, 6) is -0.688. The maximum Gasteiger partial charge on any atom is 0.410 e. The molecule has 1 amide bonds. The van der Waals surface area contributed by atoms with Crippen molar-refractivity contribution in [2.24, 2.45) is 0 Å². The predicted octanol–water partition coefficient (Wildman–Crippen LogP) is 5.66. The minimum absolute atomic E-state index is 0.362. The molecule has 8 heteroatoms. The summed E-state index contributed by atoms with van der Waals surface area (Å²) in [7, 11) is 0. The lowest BCUT2D eigenvalue weighted by Gasteiger charge is -2.34. The molecule has 34 heavy (non-hydrogen) atoms. The van der Waals surface area contributed by atoms with E-state index in [1.54, 1.807) is 17.0 Å². The standard InChI is InChI=1S/C26H29NO5S2/c1-25(2,3)32-24(29)27-15-13-19(14-16-27)31-23(28)26(30,21-10-7-17-33-21)22-12-11-20(34-22)18-8-5-4-6-9-18/h4-12,17,19,30H,13-16H2,1-3H3/t26-/m0/s1. The average Bonchev–Trinajstić information content (AvgIpc) is 3.51. The van der Waals surface area contributed by atoms with Crippen LogP contribution in [0.4, 0.5) is 4.79 Å². The van der Waals surface area contributed by atoms with Gasteiger partial charge < -0.3 is 19.5 Å². The Morgan fingerprint density at radius 1 is 0.971 bits per heavy atom. The second-order valence-corrected chi connectivity index (χ2v) is 11.3. The number of carbonyl (C=O) groups excluding carboxylic acids is 2. The van der Waals surface area contributed by atoms with Crippen molar-refractivity contribution in [1.29, 1.82) is 0 Å². The number of likely N-dealkylation sites (tertiary alicyclic amines) is 1. The minimum Gasteiger partial charge on any atom is -0.460 e. The Morgan fingerprint density at radius 3 is 2.29 bits per heavy atom. The number of rotatable bonds is 5. The molecule has 180 valence electrons. The fourth-order valence-corrected chi connectivity index (χ4v) is 5.81. The van der Waals surface area contributed by atoms with Gasteiger partial charge >= 0.3 is 12.1 Å². The number of nitrogens with zero attached hydrogens (tertiary/aromatic N) is 1. The number of benzene rings is 1. The normalized spacial score (nSPS) is 16.6. The Hall–Kier alpha value is -2.68. The molecule has 1 aromatic carbocycles. The van der Waals surface area contributed by atoms with E-state index >= 15 is 0 Å². The summed E-state index contributed by atoms with van der Waals surface area (Å²) in [6.07, 6.45) is 0.238. The number of thiophene rings is 2. The molecule has 1 saturated heterocycles. The van der Waals surface area contributed by atoms with Crippen LogP contribution in [0.1, 0.15) is 43.4 Å². The molecule has 2 aromatic heterocycles. The van der Waals surface area contributed by atoms with E-state index in [0.717, 1.165) is 10.4 Å². The van der Waals surface area contributed by atoms with E-state index in [9.17, 15) is 14.7 Å². The van der Waals surface area contributed by atoms with Crippen molar-refractivity contribution < 1.29 is 24.2 Å². The molecule has 0 bridgehead atoms. The number of amides is 1. The van der Waals surface area contributed by atoms with Crippen LogP contribution in [0.25, 0.3) is 10.4 Å². The summed E-state index contributed by atoms with van der Waals surface area (Å²) in [5.41, 5.74) is -1.42. The molecular formula is C26H29NO5S2. The van der Waals surface area contributed by atoms with Crippen LogP contribution >= 0.6 is 22.7 Å². The number of carbonyl (C=O) groups is 2. The van der Waals surface area contributed by atoms with Gasteiger partial charge in [-0.2, -0.15) is 0 Å². The topological polar surface area (TPSA) is 76.1 Å². The van der Waals surface area contributed by atoms with Crippen molar-refractivity contribution in [2.45, 2.75) is 50.9 Å². The van der Waals surface area contributed by atoms with Crippen molar-refractivity contribution >= 4 is 34.7 Å². The van der Waals surface area contributed by atoms with Crippen LogP contribution in [-0.4, -0.2) is 46.9 Å². The van der Waals surface area contributed by atoms with Crippen molar-refractivity contribution in [3.05, 3.63) is 69.7 Å². The molecule has 1 fully saturated rings. The maximum absolute atomic E-state index is 13.4. The highest BCUT2D eigenvalue weighted by Crippen LogP contribution is 2.41. The number of aliphatic hydroxyl groups is 1. The third-order valence-electron chi connectivity index (χ3n) is 5.56. The lowest BCUT2D eigenvalue weighted by atomic mass is 9.99. The van der Waals surface area contributed by atoms with Gasteiger partial charge in [-0.05, 0) is 49.9 Å². The quantitative estimate of drug-likeness (QED) is 0.459. The fourth-order valence-electron chi connectivity index (χ4n) is 3.82. The molecule has 0 spiro atoms. The van der Waals surface area contributed by atoms with Crippen LogP contribution in [0.15, 0.2) is 60.0 Å². The first-order valence-corrected chi connectivity index (χ1v) is 13.0. The first kappa shape index (κ1) is 24.4. The van der Waals surface area contributed by atoms with Crippen LogP contribution in [0.3, 0.4) is 0 Å². The molecule has 4 rings (SSSR count). The molecule has 0 radical (unpaired) electrons. The Kier molecular flexibility index (Phi) is 7.12. The van der Waals surface area contributed by atoms with Gasteiger partial charge in [-0.25, -0.2) is 9.59 Å². The Morgan fingerprint density at radius 2 is 1.68 bits per heavy atom. The SMILES string of the molecule is CC(C)(C)OC(=O)N1CCC(OC(=O)[C@](O)(c2cccs2)c2ccc(-c3ccccc3)s2)CC1. The van der Waals surface area contributed by atoms with Gasteiger partial charge in [0.15, 0.2) is 0 Å². The molecule has 1 N–H and O–H groups in total. The molecule has 0 aliphatic carbocycles. The molecule has 6 nitrogen and oxygen atoms in total. The predicted molar refractivity (Wildman–Crippen MR) is 134 cm³/mol. The number of hydrogen-bond acceptors (Lipinski definition) is 7. The zero-order valence-corrected chi connectivity index (χ0v) is 21.2. The van der Waals surface area contributed by atoms with Crippen molar-refractivity contribution in [3.8, 4) is 10.4 Å². The van der Waals surface area contributed by atoms with E-state index in [4.69, 9.17) is 9.47 Å². The van der Waals surface area contributed by atoms with Crippen LogP contribution in [0.2, 0.25) is 0 Å². The fraction of sp³-hybridized carbons (Fsp3) is 0.385. The Balaban J connectivity index is 1.48. The van der Waals surface area contributed by atoms with Gasteiger partial charge in [0.1, 0.15) is 11.7 Å². The van der Waals surface area contributed by atoms with Gasteiger partial charge in [0.2, 0.25) is 5.60 Å². The Labute approximate surface area is 207 Å². The van der Waals surface area contributed by atoms with Gasteiger partial charge in [-0.1, -0.05) is 36.4 Å². The summed E-state index contributed by atoms with van der Waals surface area (Å²) in [4.78, 5) is 29.4. The molecule has 1 atom stereocenters. The smallest absolute Gasteiger partial charge is 0.410 e. The molecule has 3 heterocycles. The van der Waals surface area contributed by atoms with E-state index in [1.807, 2.05) is 68.6 Å². The number of ether oxygens (including phenoxy) is 2. The van der Waals surface area contributed by atoms with Gasteiger partial charge in [0.25, 0.3) is 0 Å². The van der Waals surface area contributed by atoms with Gasteiger partial charge in [0.05, 0.1) is 9.75 Å². The largest absolute Gasteiger partial charge is 0.460 e. The van der Waals surface area contributed by atoms with E-state index in [1.165, 1.54) is 22.7 Å². The van der Waals surface area contributed by atoms with Crippen LogP contribution < -0.4 is 0 Å². The zero-order chi connectivity index (χ0) is 24.3. The second kappa shape index (κ2) is 9.90. The first-order chi connectivity index (χ1) is 16.2. The highest BCUT2D eigenvalue weighted by Gasteiger charge is 2.45. The van der Waals surface area contributed by atoms with E-state index in [0.29, 0.717) is 35.7 Å². The Bertz CT molecular complexity index is 1110. The molecular weight excluding hydrogens is 470 g/mol. The minimum atomic E-state index is -1.88. The van der Waals surface area contributed by atoms with Crippen LogP contribution in [0, 0.1) is 0 Å². The van der Waals surface area contributed by atoms with Gasteiger partial charge in [-0.3, -0.25) is 0 Å². The lowest BCUT2D eigenvalue weighted by Crippen LogP contribution is -2.45. The van der Waals surface area contributed by atoms with E-state index < -0.39 is 17.2 Å². The van der Waals surface area contributed by atoms with E-state index in [-0.39, 0.29) is 12.2 Å². The van der Waals surface area contributed by atoms with Crippen LogP contribution in [0.5, 0.6) is 0 Å².